The number of carbonyl (C=O) groups excluding carboxylic acids is 1. The number of rotatable bonds is 6. The molecule has 0 saturated heterocycles. The number of allylic oxidation sites excluding steroid dienone is 1. The lowest BCUT2D eigenvalue weighted by atomic mass is 10.2. The van der Waals surface area contributed by atoms with Crippen molar-refractivity contribution in [1.29, 1.82) is 0 Å². The normalized spacial score (nSPS) is 19.1. The van der Waals surface area contributed by atoms with E-state index < -0.39 is 22.2 Å². The quantitative estimate of drug-likeness (QED) is 0.243. The van der Waals surface area contributed by atoms with Gasteiger partial charge in [-0.2, -0.15) is 0 Å². The number of unbranched alkanes of at least 4 members (excludes halogenated alkanes) is 1. The third kappa shape index (κ3) is 4.33. The highest BCUT2D eigenvalue weighted by molar-refractivity contribution is 6.29. The van der Waals surface area contributed by atoms with Crippen LogP contribution in [0.1, 0.15) is 26.2 Å². The average Bonchev–Trinajstić information content (AvgIpc) is 2.77. The van der Waals surface area contributed by atoms with Crippen LogP contribution >= 0.6 is 11.6 Å². The molecule has 0 aromatic carbocycles. The van der Waals surface area contributed by atoms with Crippen LogP contribution in [0, 0.1) is 10.1 Å². The van der Waals surface area contributed by atoms with Crippen LogP contribution in [0.2, 0.25) is 0 Å². The Kier molecular flexibility index (Phi) is 5.57. The first-order chi connectivity index (χ1) is 8.54. The molecule has 0 amide bonds. The summed E-state index contributed by atoms with van der Waals surface area (Å²) in [5.41, 5.74) is 0.245. The van der Waals surface area contributed by atoms with E-state index in [0.29, 0.717) is 6.61 Å². The molecule has 1 aliphatic rings. The number of nitro groups is 1. The van der Waals surface area contributed by atoms with Crippen LogP contribution in [0.4, 0.5) is 0 Å². The second-order valence-corrected chi connectivity index (χ2v) is 4.01. The maximum absolute atomic E-state index is 11.5. The highest BCUT2D eigenvalue weighted by atomic mass is 35.5. The zero-order chi connectivity index (χ0) is 13.5. The first kappa shape index (κ1) is 14.4. The van der Waals surface area contributed by atoms with Gasteiger partial charge >= 0.3 is 11.1 Å². The molecule has 1 aliphatic heterocycles. The summed E-state index contributed by atoms with van der Waals surface area (Å²) < 4.78 is 4.94. The van der Waals surface area contributed by atoms with Crippen molar-refractivity contribution >= 4 is 23.3 Å². The van der Waals surface area contributed by atoms with Crippen LogP contribution in [-0.2, 0) is 14.4 Å². The number of esters is 1. The van der Waals surface area contributed by atoms with Gasteiger partial charge in [-0.3, -0.25) is 10.1 Å². The fraction of sp³-hybridized carbons (Fsp3) is 0.600. The Morgan fingerprint density at radius 3 is 3.11 bits per heavy atom. The van der Waals surface area contributed by atoms with Crippen molar-refractivity contribution in [3.05, 3.63) is 21.3 Å². The highest BCUT2D eigenvalue weighted by Crippen LogP contribution is 2.15. The monoisotopic (exact) mass is 276 g/mol. The first-order valence-electron chi connectivity index (χ1n) is 5.45. The van der Waals surface area contributed by atoms with E-state index in [9.17, 15) is 14.9 Å². The Hall–Kier alpha value is -1.63. The zero-order valence-electron chi connectivity index (χ0n) is 9.80. The Morgan fingerprint density at radius 2 is 2.50 bits per heavy atom. The average molecular weight is 277 g/mol. The Morgan fingerprint density at radius 1 is 1.78 bits per heavy atom. The SMILES string of the molecule is CCCCOC(=O)C1CC(/C=C(\Cl)[N+](=O)[O-])=NO1. The molecule has 0 radical (unpaired) electrons. The lowest BCUT2D eigenvalue weighted by molar-refractivity contribution is -0.412. The van der Waals surface area contributed by atoms with Gasteiger partial charge in [0.1, 0.15) is 0 Å². The number of oxime groups is 1. The van der Waals surface area contributed by atoms with Crippen LogP contribution in [0.5, 0.6) is 0 Å². The summed E-state index contributed by atoms with van der Waals surface area (Å²) in [6.45, 7) is 2.31. The van der Waals surface area contributed by atoms with Crippen LogP contribution < -0.4 is 0 Å². The van der Waals surface area contributed by atoms with Crippen LogP contribution in [0.3, 0.4) is 0 Å². The third-order valence-corrected chi connectivity index (χ3v) is 2.40. The summed E-state index contributed by atoms with van der Waals surface area (Å²) in [6, 6.07) is 0. The van der Waals surface area contributed by atoms with Crippen LogP contribution in [0.15, 0.2) is 16.4 Å². The van der Waals surface area contributed by atoms with Crippen LogP contribution in [-0.4, -0.2) is 29.3 Å². The molecule has 7 nitrogen and oxygen atoms in total. The molecule has 0 spiro atoms. The molecule has 100 valence electrons. The molecule has 0 aliphatic carbocycles. The largest absolute Gasteiger partial charge is 0.463 e. The molecule has 0 saturated carbocycles. The summed E-state index contributed by atoms with van der Waals surface area (Å²) in [5.74, 6) is -0.521. The van der Waals surface area contributed by atoms with Crippen molar-refractivity contribution in [3.63, 3.8) is 0 Å². The minimum absolute atomic E-state index is 0.120. The molecule has 1 atom stereocenters. The molecular weight excluding hydrogens is 264 g/mol. The maximum Gasteiger partial charge on any atom is 0.350 e. The number of nitrogens with zero attached hydrogens (tertiary/aromatic N) is 2. The lowest BCUT2D eigenvalue weighted by Gasteiger charge is -2.07. The van der Waals surface area contributed by atoms with Gasteiger partial charge < -0.3 is 9.57 Å². The molecule has 8 heteroatoms. The Balaban J connectivity index is 2.42. The highest BCUT2D eigenvalue weighted by Gasteiger charge is 2.29. The summed E-state index contributed by atoms with van der Waals surface area (Å²) in [4.78, 5) is 25.8. The van der Waals surface area contributed by atoms with Gasteiger partial charge in [0.25, 0.3) is 0 Å². The van der Waals surface area contributed by atoms with Crippen molar-refractivity contribution in [2.24, 2.45) is 5.16 Å². The predicted octanol–water partition coefficient (Wildman–Crippen LogP) is 1.83. The van der Waals surface area contributed by atoms with Gasteiger partial charge in [-0.05, 0) is 18.0 Å². The second kappa shape index (κ2) is 6.95. The number of ether oxygens (including phenoxy) is 1. The van der Waals surface area contributed by atoms with Crippen molar-refractivity contribution < 1.29 is 19.3 Å². The molecule has 0 bridgehead atoms. The van der Waals surface area contributed by atoms with E-state index in [1.54, 1.807) is 0 Å². The minimum Gasteiger partial charge on any atom is -0.463 e. The van der Waals surface area contributed by atoms with E-state index in [1.807, 2.05) is 6.92 Å². The van der Waals surface area contributed by atoms with Gasteiger partial charge in [-0.15, -0.1) is 0 Å². The first-order valence-corrected chi connectivity index (χ1v) is 5.83. The molecular formula is C10H13ClN2O5. The number of hydrogen-bond donors (Lipinski definition) is 0. The summed E-state index contributed by atoms with van der Waals surface area (Å²) >= 11 is 5.33. The van der Waals surface area contributed by atoms with E-state index in [4.69, 9.17) is 21.2 Å². The lowest BCUT2D eigenvalue weighted by Crippen LogP contribution is -2.23. The van der Waals surface area contributed by atoms with Gasteiger partial charge in [0, 0.05) is 6.42 Å². The zero-order valence-corrected chi connectivity index (χ0v) is 10.6. The van der Waals surface area contributed by atoms with Gasteiger partial charge in [-0.1, -0.05) is 18.5 Å². The number of carbonyl (C=O) groups is 1. The van der Waals surface area contributed by atoms with E-state index in [2.05, 4.69) is 5.16 Å². The van der Waals surface area contributed by atoms with Gasteiger partial charge in [0.2, 0.25) is 6.10 Å². The molecule has 1 unspecified atom stereocenters. The Labute approximate surface area is 109 Å². The predicted molar refractivity (Wildman–Crippen MR) is 63.7 cm³/mol. The van der Waals surface area contributed by atoms with Crippen molar-refractivity contribution in [2.45, 2.75) is 32.3 Å². The van der Waals surface area contributed by atoms with E-state index >= 15 is 0 Å². The standard InChI is InChI=1S/C10H13ClN2O5/c1-2-3-4-17-10(14)8-5-7(12-18-8)6-9(11)13(15)16/h6,8H,2-5H2,1H3/b9-6+. The third-order valence-electron chi connectivity index (χ3n) is 2.16. The number of hydrogen-bond acceptors (Lipinski definition) is 6. The van der Waals surface area contributed by atoms with Crippen molar-refractivity contribution in [2.75, 3.05) is 6.61 Å². The fourth-order valence-corrected chi connectivity index (χ4v) is 1.33. The molecule has 18 heavy (non-hydrogen) atoms. The summed E-state index contributed by atoms with van der Waals surface area (Å²) in [7, 11) is 0. The van der Waals surface area contributed by atoms with E-state index in [1.165, 1.54) is 0 Å². The van der Waals surface area contributed by atoms with Crippen LogP contribution in [0.25, 0.3) is 0 Å². The van der Waals surface area contributed by atoms with E-state index in [-0.39, 0.29) is 12.1 Å². The second-order valence-electron chi connectivity index (χ2n) is 3.63. The van der Waals surface area contributed by atoms with Crippen molar-refractivity contribution in [3.8, 4) is 0 Å². The molecule has 1 rings (SSSR count). The van der Waals surface area contributed by atoms with Gasteiger partial charge in [0.05, 0.1) is 23.3 Å². The molecule has 0 aromatic rings. The van der Waals surface area contributed by atoms with Gasteiger partial charge in [-0.25, -0.2) is 4.79 Å². The molecule has 1 heterocycles. The minimum atomic E-state index is -0.843. The molecule has 0 N–H and O–H groups in total. The molecule has 0 aromatic heterocycles. The fourth-order valence-electron chi connectivity index (χ4n) is 1.21. The molecule has 0 fully saturated rings. The summed E-state index contributed by atoms with van der Waals surface area (Å²) in [6.07, 6.45) is 2.03. The summed E-state index contributed by atoms with van der Waals surface area (Å²) in [5, 5.41) is 13.3. The maximum atomic E-state index is 11.5. The number of halogens is 1. The topological polar surface area (TPSA) is 91.0 Å². The Bertz CT molecular complexity index is 394. The van der Waals surface area contributed by atoms with Gasteiger partial charge in [0.15, 0.2) is 0 Å². The van der Waals surface area contributed by atoms with E-state index in [0.717, 1.165) is 18.9 Å². The van der Waals surface area contributed by atoms with Crippen molar-refractivity contribution in [1.82, 2.24) is 0 Å². The smallest absolute Gasteiger partial charge is 0.350 e.